The lowest BCUT2D eigenvalue weighted by Gasteiger charge is -2.37. The monoisotopic (exact) mass is 170 g/mol. The van der Waals surface area contributed by atoms with Crippen LogP contribution in [0.1, 0.15) is 33.1 Å². The standard InChI is InChI=1S/C10H22N2/c1-4-6-12-7-5-10(11-3)8-9(12)2/h9-11H,4-8H2,1-3H3. The maximum Gasteiger partial charge on any atom is 0.00910 e. The summed E-state index contributed by atoms with van der Waals surface area (Å²) in [7, 11) is 2.08. The molecule has 2 atom stereocenters. The van der Waals surface area contributed by atoms with E-state index in [4.69, 9.17) is 0 Å². The summed E-state index contributed by atoms with van der Waals surface area (Å²) in [6.07, 6.45) is 3.92. The number of hydrogen-bond donors (Lipinski definition) is 1. The molecule has 0 radical (unpaired) electrons. The molecule has 1 N–H and O–H groups in total. The van der Waals surface area contributed by atoms with Crippen LogP contribution in [0.25, 0.3) is 0 Å². The smallest absolute Gasteiger partial charge is 0.00910 e. The maximum absolute atomic E-state index is 3.37. The van der Waals surface area contributed by atoms with Gasteiger partial charge in [-0.05, 0) is 46.3 Å². The van der Waals surface area contributed by atoms with Crippen LogP contribution in [0.3, 0.4) is 0 Å². The second kappa shape index (κ2) is 4.83. The van der Waals surface area contributed by atoms with E-state index < -0.39 is 0 Å². The lowest BCUT2D eigenvalue weighted by atomic mass is 9.98. The van der Waals surface area contributed by atoms with Gasteiger partial charge < -0.3 is 10.2 Å². The van der Waals surface area contributed by atoms with Crippen LogP contribution in [0.15, 0.2) is 0 Å². The first kappa shape index (κ1) is 10.0. The van der Waals surface area contributed by atoms with E-state index in [1.807, 2.05) is 0 Å². The molecule has 0 spiro atoms. The third-order valence-electron chi connectivity index (χ3n) is 2.93. The zero-order valence-electron chi connectivity index (χ0n) is 8.64. The highest BCUT2D eigenvalue weighted by Gasteiger charge is 2.23. The summed E-state index contributed by atoms with van der Waals surface area (Å²) in [5.41, 5.74) is 0. The van der Waals surface area contributed by atoms with Crippen molar-refractivity contribution < 1.29 is 0 Å². The van der Waals surface area contributed by atoms with E-state index in [1.54, 1.807) is 0 Å². The quantitative estimate of drug-likeness (QED) is 0.690. The van der Waals surface area contributed by atoms with Gasteiger partial charge in [0, 0.05) is 12.1 Å². The van der Waals surface area contributed by atoms with Crippen LogP contribution in [0, 0.1) is 0 Å². The van der Waals surface area contributed by atoms with Crippen LogP contribution >= 0.6 is 0 Å². The average molecular weight is 170 g/mol. The van der Waals surface area contributed by atoms with Crippen LogP contribution in [0.2, 0.25) is 0 Å². The molecule has 1 rings (SSSR count). The van der Waals surface area contributed by atoms with Crippen molar-refractivity contribution in [3.05, 3.63) is 0 Å². The predicted octanol–water partition coefficient (Wildman–Crippen LogP) is 1.47. The third kappa shape index (κ3) is 2.46. The van der Waals surface area contributed by atoms with Crippen molar-refractivity contribution in [3.63, 3.8) is 0 Å². The predicted molar refractivity (Wildman–Crippen MR) is 53.4 cm³/mol. The van der Waals surface area contributed by atoms with Crippen molar-refractivity contribution >= 4 is 0 Å². The summed E-state index contributed by atoms with van der Waals surface area (Å²) in [5.74, 6) is 0. The van der Waals surface area contributed by atoms with Gasteiger partial charge in [0.25, 0.3) is 0 Å². The Bertz CT molecular complexity index is 125. The van der Waals surface area contributed by atoms with Gasteiger partial charge in [-0.2, -0.15) is 0 Å². The summed E-state index contributed by atoms with van der Waals surface area (Å²) in [4.78, 5) is 2.60. The Kier molecular flexibility index (Phi) is 4.02. The van der Waals surface area contributed by atoms with Gasteiger partial charge in [-0.1, -0.05) is 6.92 Å². The van der Waals surface area contributed by atoms with E-state index in [0.717, 1.165) is 12.1 Å². The van der Waals surface area contributed by atoms with Gasteiger partial charge in [0.15, 0.2) is 0 Å². The van der Waals surface area contributed by atoms with E-state index in [9.17, 15) is 0 Å². The van der Waals surface area contributed by atoms with Crippen molar-refractivity contribution in [2.24, 2.45) is 0 Å². The normalized spacial score (nSPS) is 32.2. The Morgan fingerprint density at radius 1 is 1.50 bits per heavy atom. The minimum Gasteiger partial charge on any atom is -0.317 e. The Labute approximate surface area is 76.3 Å². The first-order chi connectivity index (χ1) is 5.77. The zero-order valence-corrected chi connectivity index (χ0v) is 8.64. The van der Waals surface area contributed by atoms with Gasteiger partial charge in [-0.25, -0.2) is 0 Å². The number of piperidine rings is 1. The van der Waals surface area contributed by atoms with Crippen LogP contribution in [0.4, 0.5) is 0 Å². The van der Waals surface area contributed by atoms with Crippen molar-refractivity contribution in [2.45, 2.75) is 45.2 Å². The van der Waals surface area contributed by atoms with Crippen LogP contribution < -0.4 is 5.32 Å². The van der Waals surface area contributed by atoms with E-state index >= 15 is 0 Å². The van der Waals surface area contributed by atoms with Crippen molar-refractivity contribution in [3.8, 4) is 0 Å². The van der Waals surface area contributed by atoms with Crippen molar-refractivity contribution in [2.75, 3.05) is 20.1 Å². The minimum atomic E-state index is 0.758. The molecule has 0 aromatic rings. The van der Waals surface area contributed by atoms with Crippen molar-refractivity contribution in [1.82, 2.24) is 10.2 Å². The molecule has 1 heterocycles. The SMILES string of the molecule is CCCN1CCC(NC)CC1C. The Hall–Kier alpha value is -0.0800. The summed E-state index contributed by atoms with van der Waals surface area (Å²) < 4.78 is 0. The molecular weight excluding hydrogens is 148 g/mol. The topological polar surface area (TPSA) is 15.3 Å². The zero-order chi connectivity index (χ0) is 8.97. The molecule has 2 nitrogen and oxygen atoms in total. The molecule has 2 heteroatoms. The fourth-order valence-electron chi connectivity index (χ4n) is 2.10. The van der Waals surface area contributed by atoms with Gasteiger partial charge in [-0.15, -0.1) is 0 Å². The molecule has 0 amide bonds. The highest BCUT2D eigenvalue weighted by atomic mass is 15.2. The first-order valence-electron chi connectivity index (χ1n) is 5.19. The molecule has 0 aliphatic carbocycles. The molecule has 0 aromatic carbocycles. The Morgan fingerprint density at radius 3 is 2.75 bits per heavy atom. The molecule has 0 saturated carbocycles. The van der Waals surface area contributed by atoms with Crippen LogP contribution in [-0.2, 0) is 0 Å². The Morgan fingerprint density at radius 2 is 2.25 bits per heavy atom. The summed E-state index contributed by atoms with van der Waals surface area (Å²) in [5, 5.41) is 3.37. The molecule has 0 aromatic heterocycles. The molecular formula is C10H22N2. The van der Waals surface area contributed by atoms with Crippen molar-refractivity contribution in [1.29, 1.82) is 0 Å². The van der Waals surface area contributed by atoms with E-state index in [2.05, 4.69) is 31.1 Å². The molecule has 12 heavy (non-hydrogen) atoms. The number of rotatable bonds is 3. The highest BCUT2D eigenvalue weighted by Crippen LogP contribution is 2.16. The largest absolute Gasteiger partial charge is 0.317 e. The van der Waals surface area contributed by atoms with Gasteiger partial charge in [0.05, 0.1) is 0 Å². The Balaban J connectivity index is 2.31. The number of nitrogens with one attached hydrogen (secondary N) is 1. The number of hydrogen-bond acceptors (Lipinski definition) is 2. The summed E-state index contributed by atoms with van der Waals surface area (Å²) >= 11 is 0. The summed E-state index contributed by atoms with van der Waals surface area (Å²) in [6, 6.07) is 1.53. The van der Waals surface area contributed by atoms with E-state index in [0.29, 0.717) is 0 Å². The molecule has 1 saturated heterocycles. The molecule has 0 bridgehead atoms. The number of likely N-dealkylation sites (tertiary alicyclic amines) is 1. The van der Waals surface area contributed by atoms with Gasteiger partial charge in [0.2, 0.25) is 0 Å². The molecule has 1 aliphatic rings. The number of nitrogens with zero attached hydrogens (tertiary/aromatic N) is 1. The first-order valence-corrected chi connectivity index (χ1v) is 5.19. The lowest BCUT2D eigenvalue weighted by Crippen LogP contribution is -2.46. The molecule has 2 unspecified atom stereocenters. The second-order valence-corrected chi connectivity index (χ2v) is 3.89. The third-order valence-corrected chi connectivity index (χ3v) is 2.93. The van der Waals surface area contributed by atoms with Gasteiger partial charge in [-0.3, -0.25) is 0 Å². The van der Waals surface area contributed by atoms with Crippen LogP contribution in [0.5, 0.6) is 0 Å². The van der Waals surface area contributed by atoms with Gasteiger partial charge >= 0.3 is 0 Å². The molecule has 72 valence electrons. The molecule has 1 fully saturated rings. The average Bonchev–Trinajstić information content (AvgIpc) is 2.09. The highest BCUT2D eigenvalue weighted by molar-refractivity contribution is 4.81. The fourth-order valence-corrected chi connectivity index (χ4v) is 2.10. The molecule has 1 aliphatic heterocycles. The minimum absolute atomic E-state index is 0.758. The van der Waals surface area contributed by atoms with E-state index in [1.165, 1.54) is 32.4 Å². The second-order valence-electron chi connectivity index (χ2n) is 3.89. The van der Waals surface area contributed by atoms with E-state index in [-0.39, 0.29) is 0 Å². The summed E-state index contributed by atoms with van der Waals surface area (Å²) in [6.45, 7) is 7.16. The maximum atomic E-state index is 3.37. The van der Waals surface area contributed by atoms with Crippen LogP contribution in [-0.4, -0.2) is 37.1 Å². The van der Waals surface area contributed by atoms with Gasteiger partial charge in [0.1, 0.15) is 0 Å². The lowest BCUT2D eigenvalue weighted by molar-refractivity contribution is 0.139. The fraction of sp³-hybridized carbons (Fsp3) is 1.00.